The number of hydrogen-bond acceptors (Lipinski definition) is 2. The molecule has 3 aromatic rings. The van der Waals surface area contributed by atoms with Crippen LogP contribution in [0.25, 0.3) is 11.6 Å². The fraction of sp³-hybridized carbons (Fsp3) is 0.0870. The molecule has 27 heavy (non-hydrogen) atoms. The number of amides is 1. The molecule has 1 amide bonds. The molecule has 0 radical (unpaired) electrons. The highest BCUT2D eigenvalue weighted by Gasteiger charge is 2.13. The molecule has 4 heteroatoms. The smallest absolute Gasteiger partial charge is 0.256 e. The number of ether oxygens (including phenoxy) is 1. The van der Waals surface area contributed by atoms with E-state index < -0.39 is 0 Å². The molecule has 0 aromatic heterocycles. The molecule has 0 saturated heterocycles. The number of carbonyl (C=O) groups is 1. The first kappa shape index (κ1) is 19.2. The molecule has 0 spiro atoms. The molecule has 0 aliphatic carbocycles. The maximum atomic E-state index is 13.1. The molecule has 0 bridgehead atoms. The van der Waals surface area contributed by atoms with Crippen LogP contribution >= 0.6 is 22.6 Å². The summed E-state index contributed by atoms with van der Waals surface area (Å²) in [5, 5.41) is 3.04. The van der Waals surface area contributed by atoms with Crippen molar-refractivity contribution in [3.8, 4) is 5.75 Å². The van der Waals surface area contributed by atoms with Crippen molar-refractivity contribution in [2.24, 2.45) is 0 Å². The fourth-order valence-corrected chi connectivity index (χ4v) is 3.37. The summed E-state index contributed by atoms with van der Waals surface area (Å²) in [4.78, 5) is 13.1. The van der Waals surface area contributed by atoms with Crippen LogP contribution in [0.4, 0.5) is 5.69 Å². The molecule has 1 N–H and O–H groups in total. The van der Waals surface area contributed by atoms with Gasteiger partial charge in [0.1, 0.15) is 5.75 Å². The van der Waals surface area contributed by atoms with Gasteiger partial charge in [-0.1, -0.05) is 42.5 Å². The SMILES string of the molecule is COc1ccc(/C=C(/C(=O)Nc2ccc(I)cc2C)c2ccccc2)cc1. The number of hydrogen-bond donors (Lipinski definition) is 1. The number of benzene rings is 3. The molecule has 3 aromatic carbocycles. The molecule has 136 valence electrons. The minimum absolute atomic E-state index is 0.138. The van der Waals surface area contributed by atoms with Crippen molar-refractivity contribution < 1.29 is 9.53 Å². The Morgan fingerprint density at radius 3 is 2.33 bits per heavy atom. The van der Waals surface area contributed by atoms with Gasteiger partial charge in [-0.2, -0.15) is 0 Å². The molecule has 0 heterocycles. The highest BCUT2D eigenvalue weighted by molar-refractivity contribution is 14.1. The Hall–Kier alpha value is -2.60. The number of carbonyl (C=O) groups excluding carboxylic acids is 1. The molecule has 0 atom stereocenters. The molecular formula is C23H20INO2. The van der Waals surface area contributed by atoms with E-state index in [1.54, 1.807) is 7.11 Å². The van der Waals surface area contributed by atoms with Gasteiger partial charge in [0.15, 0.2) is 0 Å². The number of nitrogens with one attached hydrogen (secondary N) is 1. The van der Waals surface area contributed by atoms with Crippen LogP contribution in [-0.4, -0.2) is 13.0 Å². The zero-order valence-corrected chi connectivity index (χ0v) is 17.4. The Balaban J connectivity index is 1.96. The van der Waals surface area contributed by atoms with Crippen molar-refractivity contribution in [1.82, 2.24) is 0 Å². The minimum Gasteiger partial charge on any atom is -0.497 e. The van der Waals surface area contributed by atoms with Gasteiger partial charge < -0.3 is 10.1 Å². The van der Waals surface area contributed by atoms with Crippen LogP contribution in [0, 0.1) is 10.5 Å². The van der Waals surface area contributed by atoms with E-state index in [-0.39, 0.29) is 5.91 Å². The third kappa shape index (κ3) is 4.98. The Labute approximate surface area is 173 Å². The highest BCUT2D eigenvalue weighted by Crippen LogP contribution is 2.24. The first-order valence-corrected chi connectivity index (χ1v) is 9.63. The summed E-state index contributed by atoms with van der Waals surface area (Å²) in [5.74, 6) is 0.647. The summed E-state index contributed by atoms with van der Waals surface area (Å²) < 4.78 is 6.35. The molecule has 0 fully saturated rings. The Morgan fingerprint density at radius 2 is 1.70 bits per heavy atom. The molecule has 3 rings (SSSR count). The fourth-order valence-electron chi connectivity index (χ4n) is 2.72. The van der Waals surface area contributed by atoms with Gasteiger partial charge in [0.25, 0.3) is 5.91 Å². The largest absolute Gasteiger partial charge is 0.497 e. The lowest BCUT2D eigenvalue weighted by Crippen LogP contribution is -2.14. The average Bonchev–Trinajstić information content (AvgIpc) is 2.69. The van der Waals surface area contributed by atoms with Gasteiger partial charge in [-0.15, -0.1) is 0 Å². The second-order valence-electron chi connectivity index (χ2n) is 6.11. The summed E-state index contributed by atoms with van der Waals surface area (Å²) in [5.41, 5.74) is 4.26. The van der Waals surface area contributed by atoms with E-state index in [4.69, 9.17) is 4.74 Å². The number of anilines is 1. The minimum atomic E-state index is -0.138. The average molecular weight is 469 g/mol. The number of methoxy groups -OCH3 is 1. The lowest BCUT2D eigenvalue weighted by Gasteiger charge is -2.12. The summed E-state index contributed by atoms with van der Waals surface area (Å²) >= 11 is 2.26. The van der Waals surface area contributed by atoms with E-state index in [0.717, 1.165) is 31.7 Å². The molecular weight excluding hydrogens is 449 g/mol. The normalized spacial score (nSPS) is 11.1. The first-order valence-electron chi connectivity index (χ1n) is 8.55. The summed E-state index contributed by atoms with van der Waals surface area (Å²) in [6.45, 7) is 1.99. The standard InChI is InChI=1S/C23H20INO2/c1-16-14-19(24)10-13-22(16)25-23(26)21(18-6-4-3-5-7-18)15-17-8-11-20(27-2)12-9-17/h3-15H,1-2H3,(H,25,26)/b21-15+. The Morgan fingerprint density at radius 1 is 1.00 bits per heavy atom. The van der Waals surface area contributed by atoms with Crippen LogP contribution in [0.15, 0.2) is 72.8 Å². The van der Waals surface area contributed by atoms with Gasteiger partial charge in [0, 0.05) is 14.8 Å². The van der Waals surface area contributed by atoms with E-state index in [9.17, 15) is 4.79 Å². The van der Waals surface area contributed by atoms with E-state index in [1.807, 2.05) is 85.8 Å². The first-order chi connectivity index (χ1) is 13.1. The van der Waals surface area contributed by atoms with Crippen LogP contribution in [0.3, 0.4) is 0 Å². The van der Waals surface area contributed by atoms with Crippen LogP contribution in [0.5, 0.6) is 5.75 Å². The third-order valence-corrected chi connectivity index (χ3v) is 4.86. The Bertz CT molecular complexity index is 963. The van der Waals surface area contributed by atoms with Crippen LogP contribution < -0.4 is 10.1 Å². The number of rotatable bonds is 5. The highest BCUT2D eigenvalue weighted by atomic mass is 127. The number of halogens is 1. The van der Waals surface area contributed by atoms with Gasteiger partial charge in [0.2, 0.25) is 0 Å². The molecule has 0 saturated carbocycles. The zero-order valence-electron chi connectivity index (χ0n) is 15.2. The second-order valence-corrected chi connectivity index (χ2v) is 7.36. The number of aryl methyl sites for hydroxylation is 1. The quantitative estimate of drug-likeness (QED) is 0.292. The molecule has 0 aliphatic heterocycles. The van der Waals surface area contributed by atoms with Crippen molar-refractivity contribution in [3.63, 3.8) is 0 Å². The summed E-state index contributed by atoms with van der Waals surface area (Å²) in [6, 6.07) is 23.3. The van der Waals surface area contributed by atoms with Gasteiger partial charge in [-0.3, -0.25) is 4.79 Å². The predicted molar refractivity (Wildman–Crippen MR) is 120 cm³/mol. The van der Waals surface area contributed by atoms with Gasteiger partial charge in [-0.25, -0.2) is 0 Å². The van der Waals surface area contributed by atoms with E-state index in [1.165, 1.54) is 0 Å². The monoisotopic (exact) mass is 469 g/mol. The van der Waals surface area contributed by atoms with Crippen molar-refractivity contribution in [2.75, 3.05) is 12.4 Å². The van der Waals surface area contributed by atoms with Crippen LogP contribution in [0.1, 0.15) is 16.7 Å². The lowest BCUT2D eigenvalue weighted by molar-refractivity contribution is -0.111. The van der Waals surface area contributed by atoms with Crippen molar-refractivity contribution in [2.45, 2.75) is 6.92 Å². The maximum Gasteiger partial charge on any atom is 0.256 e. The Kier molecular flexibility index (Phi) is 6.29. The topological polar surface area (TPSA) is 38.3 Å². The van der Waals surface area contributed by atoms with E-state index >= 15 is 0 Å². The lowest BCUT2D eigenvalue weighted by atomic mass is 10.0. The predicted octanol–water partition coefficient (Wildman–Crippen LogP) is 5.79. The van der Waals surface area contributed by atoms with Gasteiger partial charge >= 0.3 is 0 Å². The zero-order chi connectivity index (χ0) is 19.2. The van der Waals surface area contributed by atoms with Crippen LogP contribution in [-0.2, 0) is 4.79 Å². The van der Waals surface area contributed by atoms with Gasteiger partial charge in [-0.05, 0) is 82.6 Å². The molecule has 0 unspecified atom stereocenters. The third-order valence-electron chi connectivity index (χ3n) is 4.19. The van der Waals surface area contributed by atoms with Crippen molar-refractivity contribution >= 4 is 45.8 Å². The molecule has 3 nitrogen and oxygen atoms in total. The van der Waals surface area contributed by atoms with Crippen molar-refractivity contribution in [1.29, 1.82) is 0 Å². The second kappa shape index (κ2) is 8.86. The van der Waals surface area contributed by atoms with E-state index in [0.29, 0.717) is 5.57 Å². The summed E-state index contributed by atoms with van der Waals surface area (Å²) in [6.07, 6.45) is 1.89. The molecule has 0 aliphatic rings. The van der Waals surface area contributed by atoms with Gasteiger partial charge in [0.05, 0.1) is 7.11 Å². The van der Waals surface area contributed by atoms with Crippen molar-refractivity contribution in [3.05, 3.63) is 93.1 Å². The maximum absolute atomic E-state index is 13.1. The van der Waals surface area contributed by atoms with Crippen LogP contribution in [0.2, 0.25) is 0 Å². The summed E-state index contributed by atoms with van der Waals surface area (Å²) in [7, 11) is 1.64. The van der Waals surface area contributed by atoms with E-state index in [2.05, 4.69) is 27.9 Å².